The van der Waals surface area contributed by atoms with Crippen molar-refractivity contribution in [1.29, 1.82) is 0 Å². The second kappa shape index (κ2) is 6.12. The molecule has 17 heavy (non-hydrogen) atoms. The van der Waals surface area contributed by atoms with Crippen molar-refractivity contribution in [2.24, 2.45) is 5.92 Å². The summed E-state index contributed by atoms with van der Waals surface area (Å²) < 4.78 is 0. The first-order valence-corrected chi connectivity index (χ1v) is 6.58. The summed E-state index contributed by atoms with van der Waals surface area (Å²) in [6, 6.07) is 6.46. The molecule has 0 spiro atoms. The molecular formula is C14H23N3. The molecule has 1 saturated heterocycles. The van der Waals surface area contributed by atoms with Crippen LogP contribution in [0.15, 0.2) is 24.4 Å². The van der Waals surface area contributed by atoms with E-state index in [1.807, 2.05) is 12.3 Å². The largest absolute Gasteiger partial charge is 0.309 e. The van der Waals surface area contributed by atoms with Gasteiger partial charge >= 0.3 is 0 Å². The predicted molar refractivity (Wildman–Crippen MR) is 70.9 cm³/mol. The first-order valence-electron chi connectivity index (χ1n) is 6.58. The monoisotopic (exact) mass is 233 g/mol. The van der Waals surface area contributed by atoms with E-state index in [-0.39, 0.29) is 0 Å². The number of aromatic nitrogens is 1. The summed E-state index contributed by atoms with van der Waals surface area (Å²) in [4.78, 5) is 6.80. The van der Waals surface area contributed by atoms with Crippen LogP contribution in [-0.2, 0) is 0 Å². The standard InChI is InChI=1S/C14H23N3/c1-12(14-5-3-4-8-15-14)16-11-13-6-9-17(2)10-7-13/h3-5,8,12-13,16H,6-7,9-11H2,1-2H3. The minimum absolute atomic E-state index is 0.357. The molecule has 0 aliphatic carbocycles. The highest BCUT2D eigenvalue weighted by Gasteiger charge is 2.17. The Hall–Kier alpha value is -0.930. The molecule has 1 aromatic heterocycles. The van der Waals surface area contributed by atoms with Gasteiger partial charge in [-0.25, -0.2) is 0 Å². The van der Waals surface area contributed by atoms with Crippen LogP contribution in [0.2, 0.25) is 0 Å². The van der Waals surface area contributed by atoms with Crippen molar-refractivity contribution in [3.63, 3.8) is 0 Å². The van der Waals surface area contributed by atoms with Crippen molar-refractivity contribution < 1.29 is 0 Å². The van der Waals surface area contributed by atoms with E-state index in [4.69, 9.17) is 0 Å². The lowest BCUT2D eigenvalue weighted by molar-refractivity contribution is 0.213. The number of piperidine rings is 1. The maximum Gasteiger partial charge on any atom is 0.0570 e. The topological polar surface area (TPSA) is 28.2 Å². The van der Waals surface area contributed by atoms with E-state index in [0.717, 1.165) is 18.2 Å². The number of likely N-dealkylation sites (tertiary alicyclic amines) is 1. The Balaban J connectivity index is 1.75. The van der Waals surface area contributed by atoms with E-state index >= 15 is 0 Å². The number of hydrogen-bond acceptors (Lipinski definition) is 3. The summed E-state index contributed by atoms with van der Waals surface area (Å²) in [5.41, 5.74) is 1.14. The SMILES string of the molecule is CC(NCC1CCN(C)CC1)c1ccccn1. The van der Waals surface area contributed by atoms with Crippen molar-refractivity contribution in [3.05, 3.63) is 30.1 Å². The molecular weight excluding hydrogens is 210 g/mol. The molecule has 2 rings (SSSR count). The van der Waals surface area contributed by atoms with Crippen molar-refractivity contribution in [1.82, 2.24) is 15.2 Å². The van der Waals surface area contributed by atoms with Gasteiger partial charge in [0.1, 0.15) is 0 Å². The fourth-order valence-corrected chi connectivity index (χ4v) is 2.35. The summed E-state index contributed by atoms with van der Waals surface area (Å²) in [5.74, 6) is 0.831. The van der Waals surface area contributed by atoms with Gasteiger partial charge in [-0.15, -0.1) is 0 Å². The summed E-state index contributed by atoms with van der Waals surface area (Å²) >= 11 is 0. The fourth-order valence-electron chi connectivity index (χ4n) is 2.35. The van der Waals surface area contributed by atoms with Crippen LogP contribution < -0.4 is 5.32 Å². The molecule has 94 valence electrons. The molecule has 0 bridgehead atoms. The van der Waals surface area contributed by atoms with Gasteiger partial charge in [0, 0.05) is 12.2 Å². The zero-order chi connectivity index (χ0) is 12.1. The molecule has 1 aliphatic rings. The van der Waals surface area contributed by atoms with Gasteiger partial charge in [-0.05, 0) is 64.5 Å². The molecule has 1 aromatic rings. The third-order valence-electron chi connectivity index (χ3n) is 3.68. The second-order valence-corrected chi connectivity index (χ2v) is 5.13. The minimum atomic E-state index is 0.357. The first-order chi connectivity index (χ1) is 8.25. The maximum absolute atomic E-state index is 4.38. The Morgan fingerprint density at radius 3 is 2.82 bits per heavy atom. The Bertz CT molecular complexity index is 317. The predicted octanol–water partition coefficient (Wildman–Crippen LogP) is 2.07. The fraction of sp³-hybridized carbons (Fsp3) is 0.643. The molecule has 1 fully saturated rings. The van der Waals surface area contributed by atoms with Crippen LogP contribution in [0.3, 0.4) is 0 Å². The van der Waals surface area contributed by atoms with Crippen LogP contribution in [-0.4, -0.2) is 36.6 Å². The lowest BCUT2D eigenvalue weighted by Crippen LogP contribution is -2.35. The van der Waals surface area contributed by atoms with Crippen LogP contribution in [0, 0.1) is 5.92 Å². The van der Waals surface area contributed by atoms with Crippen molar-refractivity contribution in [2.75, 3.05) is 26.7 Å². The number of nitrogens with zero attached hydrogens (tertiary/aromatic N) is 2. The van der Waals surface area contributed by atoms with Crippen molar-refractivity contribution >= 4 is 0 Å². The first kappa shape index (κ1) is 12.5. The van der Waals surface area contributed by atoms with E-state index in [1.54, 1.807) is 0 Å². The molecule has 1 N–H and O–H groups in total. The van der Waals surface area contributed by atoms with Gasteiger partial charge in [-0.2, -0.15) is 0 Å². The molecule has 0 aromatic carbocycles. The van der Waals surface area contributed by atoms with Crippen LogP contribution in [0.5, 0.6) is 0 Å². The van der Waals surface area contributed by atoms with Gasteiger partial charge < -0.3 is 10.2 Å². The normalized spacial score (nSPS) is 20.4. The average molecular weight is 233 g/mol. The van der Waals surface area contributed by atoms with E-state index in [9.17, 15) is 0 Å². The maximum atomic E-state index is 4.38. The van der Waals surface area contributed by atoms with Crippen LogP contribution in [0.1, 0.15) is 31.5 Å². The van der Waals surface area contributed by atoms with Crippen molar-refractivity contribution in [3.8, 4) is 0 Å². The highest BCUT2D eigenvalue weighted by molar-refractivity contribution is 5.07. The zero-order valence-corrected chi connectivity index (χ0v) is 10.9. The lowest BCUT2D eigenvalue weighted by atomic mass is 9.97. The van der Waals surface area contributed by atoms with Crippen LogP contribution in [0.4, 0.5) is 0 Å². The lowest BCUT2D eigenvalue weighted by Gasteiger charge is -2.29. The molecule has 1 atom stereocenters. The van der Waals surface area contributed by atoms with E-state index in [2.05, 4.69) is 41.3 Å². The number of nitrogens with one attached hydrogen (secondary N) is 1. The number of hydrogen-bond donors (Lipinski definition) is 1. The third kappa shape index (κ3) is 3.79. The molecule has 1 aliphatic heterocycles. The average Bonchev–Trinajstić information content (AvgIpc) is 2.39. The Morgan fingerprint density at radius 1 is 1.41 bits per heavy atom. The van der Waals surface area contributed by atoms with E-state index in [0.29, 0.717) is 6.04 Å². The second-order valence-electron chi connectivity index (χ2n) is 5.13. The van der Waals surface area contributed by atoms with Crippen LogP contribution >= 0.6 is 0 Å². The Labute approximate surface area is 104 Å². The molecule has 0 radical (unpaired) electrons. The highest BCUT2D eigenvalue weighted by atomic mass is 15.1. The molecule has 0 amide bonds. The summed E-state index contributed by atoms with van der Waals surface area (Å²) in [7, 11) is 2.21. The van der Waals surface area contributed by atoms with Gasteiger partial charge in [-0.3, -0.25) is 4.98 Å². The van der Waals surface area contributed by atoms with Gasteiger partial charge in [-0.1, -0.05) is 6.07 Å². The van der Waals surface area contributed by atoms with Crippen LogP contribution in [0.25, 0.3) is 0 Å². The molecule has 0 saturated carbocycles. The van der Waals surface area contributed by atoms with Gasteiger partial charge in [0.25, 0.3) is 0 Å². The van der Waals surface area contributed by atoms with E-state index < -0.39 is 0 Å². The van der Waals surface area contributed by atoms with Gasteiger partial charge in [0.15, 0.2) is 0 Å². The highest BCUT2D eigenvalue weighted by Crippen LogP contribution is 2.16. The minimum Gasteiger partial charge on any atom is -0.309 e. The zero-order valence-electron chi connectivity index (χ0n) is 10.9. The number of rotatable bonds is 4. The molecule has 3 nitrogen and oxygen atoms in total. The Kier molecular flexibility index (Phi) is 4.51. The van der Waals surface area contributed by atoms with Gasteiger partial charge in [0.05, 0.1) is 5.69 Å². The summed E-state index contributed by atoms with van der Waals surface area (Å²) in [5, 5.41) is 3.60. The summed E-state index contributed by atoms with van der Waals surface area (Å²) in [6.45, 7) is 5.79. The van der Waals surface area contributed by atoms with Gasteiger partial charge in [0.2, 0.25) is 0 Å². The molecule has 1 unspecified atom stereocenters. The smallest absolute Gasteiger partial charge is 0.0570 e. The molecule has 2 heterocycles. The Morgan fingerprint density at radius 2 is 2.18 bits per heavy atom. The number of pyridine rings is 1. The summed E-state index contributed by atoms with van der Waals surface area (Å²) in [6.07, 6.45) is 4.50. The third-order valence-corrected chi connectivity index (χ3v) is 3.68. The van der Waals surface area contributed by atoms with Crippen molar-refractivity contribution in [2.45, 2.75) is 25.8 Å². The molecule has 3 heteroatoms. The van der Waals surface area contributed by atoms with E-state index in [1.165, 1.54) is 25.9 Å². The quantitative estimate of drug-likeness (QED) is 0.863.